The van der Waals surface area contributed by atoms with Crippen molar-refractivity contribution < 1.29 is 31.1 Å². The molecule has 212 valence electrons. The summed E-state index contributed by atoms with van der Waals surface area (Å²) in [6.07, 6.45) is -3.38. The number of carbonyl (C=O) groups is 1. The van der Waals surface area contributed by atoms with Crippen LogP contribution < -0.4 is 14.5 Å². The molecule has 0 spiro atoms. The van der Waals surface area contributed by atoms with Gasteiger partial charge in [0.2, 0.25) is 0 Å². The molecule has 4 aromatic rings. The zero-order valence-electron chi connectivity index (χ0n) is 21.3. The van der Waals surface area contributed by atoms with Crippen LogP contribution in [0.15, 0.2) is 113 Å². The van der Waals surface area contributed by atoms with Crippen molar-refractivity contribution >= 4 is 39.4 Å². The summed E-state index contributed by atoms with van der Waals surface area (Å²) >= 11 is 5.98. The van der Waals surface area contributed by atoms with E-state index in [0.717, 1.165) is 17.7 Å². The van der Waals surface area contributed by atoms with Crippen molar-refractivity contribution in [2.45, 2.75) is 17.7 Å². The van der Waals surface area contributed by atoms with E-state index in [-0.39, 0.29) is 10.6 Å². The predicted molar refractivity (Wildman–Crippen MR) is 150 cm³/mol. The van der Waals surface area contributed by atoms with Gasteiger partial charge in [0.1, 0.15) is 18.9 Å². The number of hydrogen-bond acceptors (Lipinski definition) is 5. The van der Waals surface area contributed by atoms with Gasteiger partial charge < -0.3 is 4.74 Å². The molecule has 0 atom stereocenters. The smallest absolute Gasteiger partial charge is 0.416 e. The first-order valence-electron chi connectivity index (χ1n) is 12.1. The van der Waals surface area contributed by atoms with Crippen LogP contribution in [0.3, 0.4) is 0 Å². The lowest BCUT2D eigenvalue weighted by atomic mass is 10.2. The number of hydrogen-bond donors (Lipinski definition) is 1. The molecule has 7 nitrogen and oxygen atoms in total. The molecule has 12 heteroatoms. The Balaban J connectivity index is 1.44. The Hall–Kier alpha value is -4.35. The Kier molecular flexibility index (Phi) is 9.31. The van der Waals surface area contributed by atoms with E-state index in [2.05, 4.69) is 10.5 Å². The molecule has 0 aromatic heterocycles. The number of amides is 1. The minimum atomic E-state index is -4.71. The first-order valence-corrected chi connectivity index (χ1v) is 13.9. The van der Waals surface area contributed by atoms with E-state index in [1.54, 1.807) is 42.5 Å². The van der Waals surface area contributed by atoms with Crippen molar-refractivity contribution in [2.75, 3.05) is 10.8 Å². The van der Waals surface area contributed by atoms with Gasteiger partial charge in [-0.25, -0.2) is 13.8 Å². The second-order valence-corrected chi connectivity index (χ2v) is 11.0. The van der Waals surface area contributed by atoms with E-state index in [0.29, 0.717) is 33.3 Å². The maximum absolute atomic E-state index is 13.3. The highest BCUT2D eigenvalue weighted by Crippen LogP contribution is 2.33. The van der Waals surface area contributed by atoms with Gasteiger partial charge in [-0.3, -0.25) is 9.10 Å². The Morgan fingerprint density at radius 3 is 2.32 bits per heavy atom. The quantitative estimate of drug-likeness (QED) is 0.171. The molecule has 1 N–H and O–H groups in total. The number of nitrogens with one attached hydrogen (secondary N) is 1. The summed E-state index contributed by atoms with van der Waals surface area (Å²) in [7, 11) is -4.39. The standard InChI is InChI=1S/C29H23ClF3N3O4S/c30-24-8-4-6-22(16-24)20-40-26-14-12-21(13-15-26)18-34-35-28(37)19-36(41(38,39)27-10-2-1-3-11-27)25-9-5-7-23(17-25)29(31,32)33/h1-18H,19-20H2,(H,35,37)/b34-18-. The number of anilines is 1. The van der Waals surface area contributed by atoms with E-state index >= 15 is 0 Å². The zero-order chi connectivity index (χ0) is 29.5. The molecule has 0 saturated heterocycles. The van der Waals surface area contributed by atoms with Gasteiger partial charge in [0.05, 0.1) is 22.4 Å². The van der Waals surface area contributed by atoms with Crippen LogP contribution in [0.1, 0.15) is 16.7 Å². The lowest BCUT2D eigenvalue weighted by molar-refractivity contribution is -0.137. The third-order valence-corrected chi connectivity index (χ3v) is 7.68. The number of sulfonamides is 1. The van der Waals surface area contributed by atoms with Crippen molar-refractivity contribution in [1.82, 2.24) is 5.43 Å². The number of halogens is 4. The number of hydrazone groups is 1. The van der Waals surface area contributed by atoms with Crippen LogP contribution in [0.4, 0.5) is 18.9 Å². The molecule has 0 aliphatic rings. The average molecular weight is 602 g/mol. The summed E-state index contributed by atoms with van der Waals surface area (Å²) in [5, 5.41) is 4.46. The highest BCUT2D eigenvalue weighted by molar-refractivity contribution is 7.92. The molecule has 0 aliphatic heterocycles. The van der Waals surface area contributed by atoms with Crippen molar-refractivity contribution in [2.24, 2.45) is 5.10 Å². The van der Waals surface area contributed by atoms with E-state index in [4.69, 9.17) is 16.3 Å². The van der Waals surface area contributed by atoms with Crippen molar-refractivity contribution in [3.8, 4) is 5.75 Å². The number of benzene rings is 4. The molecule has 0 bridgehead atoms. The minimum absolute atomic E-state index is 0.189. The lowest BCUT2D eigenvalue weighted by Gasteiger charge is -2.24. The second kappa shape index (κ2) is 12.9. The third kappa shape index (κ3) is 8.09. The fourth-order valence-electron chi connectivity index (χ4n) is 3.66. The second-order valence-electron chi connectivity index (χ2n) is 8.65. The topological polar surface area (TPSA) is 88.1 Å². The predicted octanol–water partition coefficient (Wildman–Crippen LogP) is 6.28. The van der Waals surface area contributed by atoms with E-state index in [9.17, 15) is 26.4 Å². The van der Waals surface area contributed by atoms with Crippen molar-refractivity contribution in [1.29, 1.82) is 0 Å². The summed E-state index contributed by atoms with van der Waals surface area (Å²) in [6, 6.07) is 24.9. The fraction of sp³-hybridized carbons (Fsp3) is 0.103. The highest BCUT2D eigenvalue weighted by Gasteiger charge is 2.33. The number of ether oxygens (including phenoxy) is 1. The first-order chi connectivity index (χ1) is 19.5. The van der Waals surface area contributed by atoms with Crippen LogP contribution in [-0.4, -0.2) is 27.1 Å². The Labute approximate surface area is 239 Å². The van der Waals surface area contributed by atoms with Crippen LogP contribution in [0, 0.1) is 0 Å². The summed E-state index contributed by atoms with van der Waals surface area (Å²) < 4.78 is 72.9. The van der Waals surface area contributed by atoms with Gasteiger partial charge in [-0.2, -0.15) is 18.3 Å². The molecular formula is C29H23ClF3N3O4S. The van der Waals surface area contributed by atoms with Gasteiger partial charge in [0.15, 0.2) is 0 Å². The summed E-state index contributed by atoms with van der Waals surface area (Å²) in [4.78, 5) is 12.5. The molecule has 0 heterocycles. The van der Waals surface area contributed by atoms with Crippen LogP contribution in [-0.2, 0) is 27.6 Å². The largest absolute Gasteiger partial charge is 0.489 e. The fourth-order valence-corrected chi connectivity index (χ4v) is 5.31. The van der Waals surface area contributed by atoms with Crippen LogP contribution in [0.25, 0.3) is 0 Å². The van der Waals surface area contributed by atoms with E-state index in [1.807, 2.05) is 12.1 Å². The van der Waals surface area contributed by atoms with E-state index in [1.165, 1.54) is 36.5 Å². The molecule has 0 aliphatic carbocycles. The Bertz CT molecular complexity index is 1630. The van der Waals surface area contributed by atoms with Gasteiger partial charge in [0.25, 0.3) is 15.9 Å². The van der Waals surface area contributed by atoms with E-state index < -0.39 is 34.2 Å². The summed E-state index contributed by atoms with van der Waals surface area (Å²) in [5.41, 5.74) is 2.35. The summed E-state index contributed by atoms with van der Waals surface area (Å²) in [6.45, 7) is -0.496. The minimum Gasteiger partial charge on any atom is -0.489 e. The Morgan fingerprint density at radius 2 is 1.63 bits per heavy atom. The molecule has 0 unspecified atom stereocenters. The maximum atomic E-state index is 13.3. The summed E-state index contributed by atoms with van der Waals surface area (Å²) in [5.74, 6) is -0.270. The highest BCUT2D eigenvalue weighted by atomic mass is 35.5. The third-order valence-electron chi connectivity index (χ3n) is 5.66. The molecule has 4 rings (SSSR count). The monoisotopic (exact) mass is 601 g/mol. The van der Waals surface area contributed by atoms with Gasteiger partial charge in [0, 0.05) is 5.02 Å². The lowest BCUT2D eigenvalue weighted by Crippen LogP contribution is -2.39. The van der Waals surface area contributed by atoms with Crippen LogP contribution in [0.2, 0.25) is 5.02 Å². The van der Waals surface area contributed by atoms with Gasteiger partial charge in [-0.15, -0.1) is 0 Å². The number of alkyl halides is 3. The molecule has 41 heavy (non-hydrogen) atoms. The van der Waals surface area contributed by atoms with Crippen molar-refractivity contribution in [3.63, 3.8) is 0 Å². The zero-order valence-corrected chi connectivity index (χ0v) is 22.8. The van der Waals surface area contributed by atoms with Gasteiger partial charge in [-0.1, -0.05) is 48.0 Å². The number of nitrogens with zero attached hydrogens (tertiary/aromatic N) is 2. The van der Waals surface area contributed by atoms with Crippen LogP contribution >= 0.6 is 11.6 Å². The SMILES string of the molecule is O=C(CN(c1cccc(C(F)(F)F)c1)S(=O)(=O)c1ccccc1)N/N=C\c1ccc(OCc2cccc(Cl)c2)cc1. The maximum Gasteiger partial charge on any atom is 0.416 e. The molecule has 4 aromatic carbocycles. The number of rotatable bonds is 10. The van der Waals surface area contributed by atoms with Crippen molar-refractivity contribution in [3.05, 3.63) is 125 Å². The molecule has 1 amide bonds. The van der Waals surface area contributed by atoms with Gasteiger partial charge >= 0.3 is 6.18 Å². The normalized spacial score (nSPS) is 11.8. The molecule has 0 fully saturated rings. The average Bonchev–Trinajstić information content (AvgIpc) is 2.95. The molecule has 0 saturated carbocycles. The molecule has 0 radical (unpaired) electrons. The Morgan fingerprint density at radius 1 is 0.927 bits per heavy atom. The first kappa shape index (κ1) is 29.6. The number of carbonyl (C=O) groups excluding carboxylic acids is 1. The van der Waals surface area contributed by atoms with Gasteiger partial charge in [-0.05, 0) is 77.9 Å². The molecular weight excluding hydrogens is 579 g/mol. The van der Waals surface area contributed by atoms with Crippen LogP contribution in [0.5, 0.6) is 5.75 Å².